The number of H-pyrrole nitrogens is 2. The van der Waals surface area contributed by atoms with Crippen molar-refractivity contribution in [2.45, 2.75) is 0 Å². The summed E-state index contributed by atoms with van der Waals surface area (Å²) in [5.41, 5.74) is 7.08. The number of anilines is 1. The van der Waals surface area contributed by atoms with Gasteiger partial charge in [0.15, 0.2) is 5.82 Å². The molecule has 5 heterocycles. The maximum atomic E-state index is 12.6. The number of fused-ring (bicyclic) bond motifs is 2. The van der Waals surface area contributed by atoms with Crippen LogP contribution < -0.4 is 5.32 Å². The zero-order valence-electron chi connectivity index (χ0n) is 19.8. The highest BCUT2D eigenvalue weighted by Gasteiger charge is 2.17. The van der Waals surface area contributed by atoms with Crippen LogP contribution in [-0.2, 0) is 0 Å². The number of hydrogen-bond donors (Lipinski definition) is 3. The first-order valence-corrected chi connectivity index (χ1v) is 12.8. The second kappa shape index (κ2) is 9.06. The molecule has 0 unspecified atom stereocenters. The van der Waals surface area contributed by atoms with E-state index in [1.165, 1.54) is 4.88 Å². The number of hydrogen-bond acceptors (Lipinski definition) is 6. The van der Waals surface area contributed by atoms with Gasteiger partial charge in [-0.3, -0.25) is 19.9 Å². The average Bonchev–Trinajstić information content (AvgIpc) is 3.73. The lowest BCUT2D eigenvalue weighted by Crippen LogP contribution is -2.11. The third kappa shape index (κ3) is 3.91. The molecule has 0 radical (unpaired) electrons. The van der Waals surface area contributed by atoms with Gasteiger partial charge in [0.05, 0.1) is 40.3 Å². The molecular formula is C29H19N7OS. The van der Waals surface area contributed by atoms with Gasteiger partial charge in [0.25, 0.3) is 5.91 Å². The summed E-state index contributed by atoms with van der Waals surface area (Å²) in [7, 11) is 0. The molecule has 7 aromatic rings. The van der Waals surface area contributed by atoms with E-state index in [1.807, 2.05) is 48.5 Å². The molecule has 0 atom stereocenters. The van der Waals surface area contributed by atoms with Gasteiger partial charge in [-0.25, -0.2) is 4.98 Å². The molecule has 5 aromatic heterocycles. The second-order valence-corrected chi connectivity index (χ2v) is 9.68. The summed E-state index contributed by atoms with van der Waals surface area (Å²) in [6.07, 6.45) is 5.09. The topological polar surface area (TPSA) is 112 Å². The molecule has 8 nitrogen and oxygen atoms in total. The molecule has 0 bridgehead atoms. The van der Waals surface area contributed by atoms with Crippen LogP contribution in [0.2, 0.25) is 0 Å². The van der Waals surface area contributed by atoms with E-state index >= 15 is 0 Å². The van der Waals surface area contributed by atoms with Crippen LogP contribution in [0.15, 0.2) is 96.8 Å². The highest BCUT2D eigenvalue weighted by molar-refractivity contribution is 7.13. The van der Waals surface area contributed by atoms with Gasteiger partial charge in [-0.05, 0) is 41.8 Å². The minimum Gasteiger partial charge on any atom is -0.337 e. The number of carbonyl (C=O) groups excluding carboxylic acids is 1. The number of imidazole rings is 1. The first-order valence-electron chi connectivity index (χ1n) is 11.9. The number of aromatic amines is 2. The Hall–Kier alpha value is -5.15. The van der Waals surface area contributed by atoms with E-state index in [9.17, 15) is 4.79 Å². The summed E-state index contributed by atoms with van der Waals surface area (Å²) in [4.78, 5) is 31.0. The maximum absolute atomic E-state index is 12.6. The van der Waals surface area contributed by atoms with Crippen molar-refractivity contribution >= 4 is 44.9 Å². The summed E-state index contributed by atoms with van der Waals surface area (Å²) in [6.45, 7) is 0. The molecule has 3 N–H and O–H groups in total. The molecule has 1 amide bonds. The molecule has 0 aliphatic carbocycles. The van der Waals surface area contributed by atoms with Gasteiger partial charge < -0.3 is 10.3 Å². The van der Waals surface area contributed by atoms with Gasteiger partial charge in [0.2, 0.25) is 0 Å². The Morgan fingerprint density at radius 1 is 0.895 bits per heavy atom. The van der Waals surface area contributed by atoms with Crippen molar-refractivity contribution in [3.63, 3.8) is 0 Å². The number of pyridine rings is 2. The molecule has 9 heteroatoms. The maximum Gasteiger partial charge on any atom is 0.255 e. The van der Waals surface area contributed by atoms with Crippen molar-refractivity contribution in [3.05, 3.63) is 102 Å². The third-order valence-electron chi connectivity index (χ3n) is 6.30. The Balaban J connectivity index is 1.25. The van der Waals surface area contributed by atoms with Crippen molar-refractivity contribution in [1.82, 2.24) is 30.1 Å². The van der Waals surface area contributed by atoms with Crippen LogP contribution in [0.1, 0.15) is 10.4 Å². The Morgan fingerprint density at radius 2 is 1.82 bits per heavy atom. The van der Waals surface area contributed by atoms with Crippen LogP contribution in [0.25, 0.3) is 55.2 Å². The van der Waals surface area contributed by atoms with Gasteiger partial charge in [-0.15, -0.1) is 11.3 Å². The molecule has 0 saturated carbocycles. The van der Waals surface area contributed by atoms with Crippen molar-refractivity contribution in [2.24, 2.45) is 0 Å². The largest absolute Gasteiger partial charge is 0.337 e. The summed E-state index contributed by atoms with van der Waals surface area (Å²) in [6, 6.07) is 23.2. The van der Waals surface area contributed by atoms with Gasteiger partial charge in [0, 0.05) is 33.2 Å². The van der Waals surface area contributed by atoms with Gasteiger partial charge >= 0.3 is 0 Å². The van der Waals surface area contributed by atoms with Gasteiger partial charge in [-0.1, -0.05) is 36.4 Å². The van der Waals surface area contributed by atoms with Crippen molar-refractivity contribution in [3.8, 4) is 33.2 Å². The minimum atomic E-state index is -0.197. The number of para-hydroxylation sites is 1. The van der Waals surface area contributed by atoms with E-state index in [0.717, 1.165) is 33.1 Å². The SMILES string of the molecule is O=C(Nc1cncc(-c2cc3c(-c4nc5c(-c6cccs6)cccc5[nH]4)n[nH]c3cn2)c1)c1ccccc1. The highest BCUT2D eigenvalue weighted by atomic mass is 32.1. The predicted molar refractivity (Wildman–Crippen MR) is 150 cm³/mol. The first kappa shape index (κ1) is 22.1. The second-order valence-electron chi connectivity index (χ2n) is 8.73. The van der Waals surface area contributed by atoms with E-state index < -0.39 is 0 Å². The fourth-order valence-electron chi connectivity index (χ4n) is 4.47. The van der Waals surface area contributed by atoms with Crippen molar-refractivity contribution < 1.29 is 4.79 Å². The number of nitrogens with one attached hydrogen (secondary N) is 3. The first-order chi connectivity index (χ1) is 18.7. The lowest BCUT2D eigenvalue weighted by molar-refractivity contribution is 0.102. The van der Waals surface area contributed by atoms with E-state index in [0.29, 0.717) is 28.5 Å². The van der Waals surface area contributed by atoms with Gasteiger partial charge in [0.1, 0.15) is 5.69 Å². The Kier molecular flexibility index (Phi) is 5.26. The molecule has 0 saturated heterocycles. The van der Waals surface area contributed by atoms with Crippen molar-refractivity contribution in [1.29, 1.82) is 0 Å². The quantitative estimate of drug-likeness (QED) is 0.242. The fourth-order valence-corrected chi connectivity index (χ4v) is 5.22. The normalized spacial score (nSPS) is 11.3. The number of nitrogens with zero attached hydrogens (tertiary/aromatic N) is 4. The monoisotopic (exact) mass is 513 g/mol. The van der Waals surface area contributed by atoms with Crippen LogP contribution in [0.4, 0.5) is 5.69 Å². The number of thiophene rings is 1. The number of amides is 1. The molecule has 38 heavy (non-hydrogen) atoms. The van der Waals surface area contributed by atoms with Crippen LogP contribution in [0, 0.1) is 0 Å². The molecule has 0 spiro atoms. The lowest BCUT2D eigenvalue weighted by Gasteiger charge is -2.07. The number of aromatic nitrogens is 6. The molecule has 0 fully saturated rings. The smallest absolute Gasteiger partial charge is 0.255 e. The molecule has 0 aliphatic rings. The van der Waals surface area contributed by atoms with Gasteiger partial charge in [-0.2, -0.15) is 5.10 Å². The molecule has 0 aliphatic heterocycles. The summed E-state index contributed by atoms with van der Waals surface area (Å²) < 4.78 is 0. The molecule has 2 aromatic carbocycles. The van der Waals surface area contributed by atoms with Crippen molar-refractivity contribution in [2.75, 3.05) is 5.32 Å². The van der Waals surface area contributed by atoms with E-state index in [4.69, 9.17) is 4.98 Å². The average molecular weight is 514 g/mol. The Bertz CT molecular complexity index is 1920. The molecular weight excluding hydrogens is 494 g/mol. The Morgan fingerprint density at radius 3 is 2.68 bits per heavy atom. The predicted octanol–water partition coefficient (Wildman–Crippen LogP) is 6.54. The standard InChI is InChI=1S/C29H19N7OS/c37-29(17-6-2-1-3-7-17)32-19-12-18(14-30-15-19)23-13-21-24(16-31-23)35-36-27(21)28-33-22-9-4-8-20(26(22)34-28)25-10-5-11-38-25/h1-16H,(H,32,37)(H,33,34)(H,35,36). The van der Waals surface area contributed by atoms with Crippen LogP contribution in [0.3, 0.4) is 0 Å². The van der Waals surface area contributed by atoms with Crippen LogP contribution in [-0.4, -0.2) is 36.0 Å². The minimum absolute atomic E-state index is 0.197. The highest BCUT2D eigenvalue weighted by Crippen LogP contribution is 2.34. The zero-order chi connectivity index (χ0) is 25.5. The number of carbonyl (C=O) groups is 1. The third-order valence-corrected chi connectivity index (χ3v) is 7.20. The van der Waals surface area contributed by atoms with E-state index in [2.05, 4.69) is 48.0 Å². The van der Waals surface area contributed by atoms with Crippen LogP contribution in [0.5, 0.6) is 0 Å². The summed E-state index contributed by atoms with van der Waals surface area (Å²) in [5, 5.41) is 13.5. The summed E-state index contributed by atoms with van der Waals surface area (Å²) >= 11 is 1.69. The zero-order valence-corrected chi connectivity index (χ0v) is 20.7. The lowest BCUT2D eigenvalue weighted by atomic mass is 10.1. The molecule has 182 valence electrons. The van der Waals surface area contributed by atoms with E-state index in [-0.39, 0.29) is 5.91 Å². The van der Waals surface area contributed by atoms with Crippen LogP contribution >= 0.6 is 11.3 Å². The fraction of sp³-hybridized carbons (Fsp3) is 0. The Labute approximate surface area is 220 Å². The number of rotatable bonds is 5. The molecule has 7 rings (SSSR count). The number of benzene rings is 2. The summed E-state index contributed by atoms with van der Waals surface area (Å²) in [5.74, 6) is 0.478. The van der Waals surface area contributed by atoms with E-state index in [1.54, 1.807) is 42.1 Å².